The number of hydrogen-bond acceptors (Lipinski definition) is 6. The average molecular weight is 485 g/mol. The van der Waals surface area contributed by atoms with E-state index >= 15 is 0 Å². The van der Waals surface area contributed by atoms with Crippen LogP contribution in [0.5, 0.6) is 0 Å². The zero-order valence-electron chi connectivity index (χ0n) is 19.1. The van der Waals surface area contributed by atoms with Crippen LogP contribution in [-0.4, -0.2) is 67.1 Å². The van der Waals surface area contributed by atoms with Crippen molar-refractivity contribution in [3.05, 3.63) is 75.3 Å². The van der Waals surface area contributed by atoms with Crippen LogP contribution in [-0.2, 0) is 6.54 Å². The van der Waals surface area contributed by atoms with Gasteiger partial charge in [0.2, 0.25) is 0 Å². The summed E-state index contributed by atoms with van der Waals surface area (Å²) in [6, 6.07) is 10.2. The van der Waals surface area contributed by atoms with E-state index in [2.05, 4.69) is 57.5 Å². The molecule has 2 aromatic rings. The van der Waals surface area contributed by atoms with Crippen LogP contribution < -0.4 is 15.5 Å². The highest BCUT2D eigenvalue weighted by Gasteiger charge is 2.27. The molecule has 3 aliphatic rings. The van der Waals surface area contributed by atoms with Crippen molar-refractivity contribution in [2.24, 2.45) is 0 Å². The molecule has 33 heavy (non-hydrogen) atoms. The Labute approximate surface area is 205 Å². The molecule has 1 fully saturated rings. The van der Waals surface area contributed by atoms with E-state index in [4.69, 9.17) is 28.2 Å². The summed E-state index contributed by atoms with van der Waals surface area (Å²) in [6.45, 7) is 8.86. The molecule has 0 aliphatic carbocycles. The van der Waals surface area contributed by atoms with Gasteiger partial charge in [-0.25, -0.2) is 4.98 Å². The molecule has 5 rings (SSSR count). The molecule has 4 heterocycles. The van der Waals surface area contributed by atoms with Gasteiger partial charge in [0, 0.05) is 62.1 Å². The second-order valence-corrected chi connectivity index (χ2v) is 9.85. The first-order chi connectivity index (χ1) is 16.0. The standard InChI is InChI=1S/C25H30Cl2N6/c1-17-21(18-3-6-24(29-15-18)32-11-9-31(2)10-12-32)14-23-25(30-17)28-7-8-33(23)16-19-13-20(26)4-5-22(19)27/h3-6,13-15,17,28,30H,7-12,16H2,1-2H3. The summed E-state index contributed by atoms with van der Waals surface area (Å²) in [5, 5.41) is 8.61. The van der Waals surface area contributed by atoms with Gasteiger partial charge in [-0.15, -0.1) is 0 Å². The molecule has 6 nitrogen and oxygen atoms in total. The number of hydrogen-bond donors (Lipinski definition) is 2. The molecule has 1 aromatic heterocycles. The van der Waals surface area contributed by atoms with Gasteiger partial charge < -0.3 is 25.3 Å². The number of nitrogens with zero attached hydrogens (tertiary/aromatic N) is 4. The molecule has 174 valence electrons. The summed E-state index contributed by atoms with van der Waals surface area (Å²) in [5.41, 5.74) is 4.56. The minimum atomic E-state index is 0.183. The molecular weight excluding hydrogens is 455 g/mol. The smallest absolute Gasteiger partial charge is 0.128 e. The van der Waals surface area contributed by atoms with Gasteiger partial charge >= 0.3 is 0 Å². The Morgan fingerprint density at radius 1 is 1.06 bits per heavy atom. The lowest BCUT2D eigenvalue weighted by molar-refractivity contribution is 0.310. The lowest BCUT2D eigenvalue weighted by Crippen LogP contribution is -2.47. The Hall–Kier alpha value is -2.41. The first-order valence-electron chi connectivity index (χ1n) is 11.5. The molecule has 2 N–H and O–H groups in total. The Morgan fingerprint density at radius 2 is 1.88 bits per heavy atom. The van der Waals surface area contributed by atoms with Crippen LogP contribution in [0.25, 0.3) is 5.57 Å². The number of anilines is 1. The fraction of sp³-hybridized carbons (Fsp3) is 0.400. The van der Waals surface area contributed by atoms with Gasteiger partial charge in [0.25, 0.3) is 0 Å². The third-order valence-corrected chi connectivity index (χ3v) is 7.28. The maximum Gasteiger partial charge on any atom is 0.128 e. The van der Waals surface area contributed by atoms with Crippen LogP contribution in [0.3, 0.4) is 0 Å². The van der Waals surface area contributed by atoms with Crippen LogP contribution >= 0.6 is 23.2 Å². The first kappa shape index (κ1) is 22.4. The summed E-state index contributed by atoms with van der Waals surface area (Å²) in [4.78, 5) is 11.9. The summed E-state index contributed by atoms with van der Waals surface area (Å²) in [6.07, 6.45) is 4.30. The van der Waals surface area contributed by atoms with Crippen LogP contribution in [0.4, 0.5) is 5.82 Å². The molecule has 0 radical (unpaired) electrons. The first-order valence-corrected chi connectivity index (χ1v) is 12.3. The Balaban J connectivity index is 1.39. The molecule has 1 saturated heterocycles. The maximum atomic E-state index is 6.46. The van der Waals surface area contributed by atoms with Crippen molar-refractivity contribution in [3.63, 3.8) is 0 Å². The number of pyridine rings is 1. The highest BCUT2D eigenvalue weighted by atomic mass is 35.5. The number of piperazine rings is 1. The third kappa shape index (κ3) is 4.79. The molecule has 0 saturated carbocycles. The summed E-state index contributed by atoms with van der Waals surface area (Å²) in [5.74, 6) is 2.12. The maximum absolute atomic E-state index is 6.46. The van der Waals surface area contributed by atoms with E-state index in [1.165, 1.54) is 5.57 Å². The molecule has 0 amide bonds. The van der Waals surface area contributed by atoms with Crippen molar-refractivity contribution in [2.75, 3.05) is 51.2 Å². The number of nitrogens with one attached hydrogen (secondary N) is 2. The number of aromatic nitrogens is 1. The second-order valence-electron chi connectivity index (χ2n) is 9.01. The number of likely N-dealkylation sites (N-methyl/N-ethyl adjacent to an activating group) is 1. The quantitative estimate of drug-likeness (QED) is 0.688. The third-order valence-electron chi connectivity index (χ3n) is 6.68. The molecule has 0 spiro atoms. The lowest BCUT2D eigenvalue weighted by Gasteiger charge is -2.38. The Bertz CT molecular complexity index is 1070. The Morgan fingerprint density at radius 3 is 2.64 bits per heavy atom. The summed E-state index contributed by atoms with van der Waals surface area (Å²) >= 11 is 12.7. The predicted molar refractivity (Wildman–Crippen MR) is 136 cm³/mol. The van der Waals surface area contributed by atoms with Crippen molar-refractivity contribution in [3.8, 4) is 0 Å². The normalized spacial score (nSPS) is 21.3. The van der Waals surface area contributed by atoms with E-state index in [0.717, 1.165) is 72.8 Å². The monoisotopic (exact) mass is 484 g/mol. The van der Waals surface area contributed by atoms with E-state index in [1.54, 1.807) is 0 Å². The number of halogens is 2. The van der Waals surface area contributed by atoms with E-state index < -0.39 is 0 Å². The van der Waals surface area contributed by atoms with Gasteiger partial charge in [-0.3, -0.25) is 0 Å². The average Bonchev–Trinajstić information content (AvgIpc) is 2.82. The number of dihydropyridines is 1. The molecule has 0 bridgehead atoms. The van der Waals surface area contributed by atoms with Gasteiger partial charge in [-0.1, -0.05) is 23.2 Å². The van der Waals surface area contributed by atoms with Crippen molar-refractivity contribution in [2.45, 2.75) is 19.5 Å². The van der Waals surface area contributed by atoms with Crippen molar-refractivity contribution >= 4 is 34.6 Å². The predicted octanol–water partition coefficient (Wildman–Crippen LogP) is 3.79. The largest absolute Gasteiger partial charge is 0.368 e. The molecule has 1 aromatic carbocycles. The van der Waals surface area contributed by atoms with Crippen LogP contribution in [0.1, 0.15) is 18.1 Å². The van der Waals surface area contributed by atoms with Gasteiger partial charge in [0.1, 0.15) is 11.6 Å². The second kappa shape index (κ2) is 9.45. The molecule has 1 atom stereocenters. The summed E-state index contributed by atoms with van der Waals surface area (Å²) in [7, 11) is 2.17. The van der Waals surface area contributed by atoms with Crippen LogP contribution in [0.2, 0.25) is 10.0 Å². The zero-order chi connectivity index (χ0) is 22.9. The van der Waals surface area contributed by atoms with Crippen molar-refractivity contribution in [1.82, 2.24) is 25.4 Å². The van der Waals surface area contributed by atoms with E-state index in [0.29, 0.717) is 11.6 Å². The Kier molecular flexibility index (Phi) is 6.41. The molecule has 1 unspecified atom stereocenters. The zero-order valence-corrected chi connectivity index (χ0v) is 20.6. The fourth-order valence-electron chi connectivity index (χ4n) is 4.69. The van der Waals surface area contributed by atoms with Crippen molar-refractivity contribution < 1.29 is 0 Å². The van der Waals surface area contributed by atoms with E-state index in [9.17, 15) is 0 Å². The van der Waals surface area contributed by atoms with Crippen LogP contribution in [0.15, 0.2) is 54.1 Å². The van der Waals surface area contributed by atoms with Gasteiger partial charge in [-0.2, -0.15) is 0 Å². The molecule has 8 heteroatoms. The van der Waals surface area contributed by atoms with E-state index in [-0.39, 0.29) is 6.04 Å². The highest BCUT2D eigenvalue weighted by molar-refractivity contribution is 6.33. The minimum Gasteiger partial charge on any atom is -0.368 e. The molecule has 3 aliphatic heterocycles. The summed E-state index contributed by atoms with van der Waals surface area (Å²) < 4.78 is 0. The number of benzene rings is 1. The SMILES string of the molecule is CC1NC2=C(C=C1c1ccc(N3CCN(C)CC3)nc1)N(Cc1cc(Cl)ccc1Cl)CCN2. The van der Waals surface area contributed by atoms with Gasteiger partial charge in [0.15, 0.2) is 0 Å². The van der Waals surface area contributed by atoms with Gasteiger partial charge in [0.05, 0.1) is 11.7 Å². The van der Waals surface area contributed by atoms with E-state index in [1.807, 2.05) is 24.4 Å². The highest BCUT2D eigenvalue weighted by Crippen LogP contribution is 2.31. The number of rotatable bonds is 4. The fourth-order valence-corrected chi connectivity index (χ4v) is 5.06. The van der Waals surface area contributed by atoms with Gasteiger partial charge in [-0.05, 0) is 67.1 Å². The van der Waals surface area contributed by atoms with Crippen molar-refractivity contribution in [1.29, 1.82) is 0 Å². The topological polar surface area (TPSA) is 46.7 Å². The lowest BCUT2D eigenvalue weighted by atomic mass is 9.96. The molecular formula is C25H30Cl2N6. The minimum absolute atomic E-state index is 0.183. The van der Waals surface area contributed by atoms with Crippen LogP contribution in [0, 0.1) is 0 Å². The number of allylic oxidation sites excluding steroid dienone is 1.